The van der Waals surface area contributed by atoms with E-state index in [-0.39, 0.29) is 17.5 Å². The Balaban J connectivity index is 1.73. The summed E-state index contributed by atoms with van der Waals surface area (Å²) in [5.41, 5.74) is 0.368. The molecule has 0 atom stereocenters. The van der Waals surface area contributed by atoms with Crippen LogP contribution in [0.25, 0.3) is 5.69 Å². The van der Waals surface area contributed by atoms with Crippen molar-refractivity contribution in [3.8, 4) is 11.4 Å². The van der Waals surface area contributed by atoms with Crippen molar-refractivity contribution in [2.24, 2.45) is 0 Å². The zero-order chi connectivity index (χ0) is 16.4. The second-order valence-corrected chi connectivity index (χ2v) is 4.94. The maximum atomic E-state index is 12.1. The summed E-state index contributed by atoms with van der Waals surface area (Å²) >= 11 is 0. The molecule has 10 heteroatoms. The monoisotopic (exact) mass is 327 g/mol. The first kappa shape index (κ1) is 15.3. The summed E-state index contributed by atoms with van der Waals surface area (Å²) in [4.78, 5) is 14.8. The fraction of sp³-hybridized carbons (Fsp3) is 0.385. The number of nitrogens with zero attached hydrogens (tertiary/aromatic N) is 5. The van der Waals surface area contributed by atoms with Gasteiger partial charge in [-0.25, -0.2) is 0 Å². The summed E-state index contributed by atoms with van der Waals surface area (Å²) in [6.07, 6.45) is -2.86. The van der Waals surface area contributed by atoms with Crippen molar-refractivity contribution in [1.82, 2.24) is 25.1 Å². The SMILES string of the molecule is O=C(c1nnn(-c2ccc(OC(F)(F)F)cc2)n1)N1CCCC1. The lowest BCUT2D eigenvalue weighted by molar-refractivity contribution is -0.274. The van der Waals surface area contributed by atoms with E-state index in [4.69, 9.17) is 0 Å². The highest BCUT2D eigenvalue weighted by Crippen LogP contribution is 2.23. The first-order valence-electron chi connectivity index (χ1n) is 6.88. The Hall–Kier alpha value is -2.65. The highest BCUT2D eigenvalue weighted by atomic mass is 19.4. The Morgan fingerprint density at radius 2 is 1.78 bits per heavy atom. The maximum Gasteiger partial charge on any atom is 0.573 e. The minimum Gasteiger partial charge on any atom is -0.406 e. The molecule has 2 heterocycles. The molecule has 1 aliphatic heterocycles. The van der Waals surface area contributed by atoms with Crippen molar-refractivity contribution < 1.29 is 22.7 Å². The van der Waals surface area contributed by atoms with Crippen LogP contribution < -0.4 is 4.74 Å². The van der Waals surface area contributed by atoms with E-state index in [0.717, 1.165) is 29.8 Å². The van der Waals surface area contributed by atoms with Gasteiger partial charge in [0.1, 0.15) is 5.75 Å². The van der Waals surface area contributed by atoms with Crippen LogP contribution in [0.15, 0.2) is 24.3 Å². The molecular weight excluding hydrogens is 315 g/mol. The van der Waals surface area contributed by atoms with E-state index < -0.39 is 6.36 Å². The van der Waals surface area contributed by atoms with Crippen LogP contribution in [0, 0.1) is 0 Å². The Bertz CT molecular complexity index is 692. The van der Waals surface area contributed by atoms with Crippen molar-refractivity contribution in [3.05, 3.63) is 30.1 Å². The third-order valence-corrected chi connectivity index (χ3v) is 3.30. The Morgan fingerprint density at radius 1 is 1.13 bits per heavy atom. The highest BCUT2D eigenvalue weighted by molar-refractivity contribution is 5.90. The van der Waals surface area contributed by atoms with E-state index in [1.165, 1.54) is 12.1 Å². The van der Waals surface area contributed by atoms with Crippen LogP contribution in [0.5, 0.6) is 5.75 Å². The van der Waals surface area contributed by atoms with Crippen LogP contribution in [-0.2, 0) is 0 Å². The van der Waals surface area contributed by atoms with Gasteiger partial charge in [0.2, 0.25) is 0 Å². The predicted octanol–water partition coefficient (Wildman–Crippen LogP) is 1.80. The zero-order valence-corrected chi connectivity index (χ0v) is 11.8. The van der Waals surface area contributed by atoms with Crippen LogP contribution in [0.2, 0.25) is 0 Å². The number of benzene rings is 1. The number of hydrogen-bond acceptors (Lipinski definition) is 5. The molecule has 0 saturated carbocycles. The molecule has 1 aliphatic rings. The van der Waals surface area contributed by atoms with E-state index in [2.05, 4.69) is 20.1 Å². The van der Waals surface area contributed by atoms with Gasteiger partial charge in [0.15, 0.2) is 0 Å². The average Bonchev–Trinajstić information content (AvgIpc) is 3.17. The van der Waals surface area contributed by atoms with Gasteiger partial charge in [0, 0.05) is 13.1 Å². The van der Waals surface area contributed by atoms with Crippen molar-refractivity contribution in [2.75, 3.05) is 13.1 Å². The van der Waals surface area contributed by atoms with Crippen LogP contribution in [0.1, 0.15) is 23.5 Å². The molecule has 0 bridgehead atoms. The second-order valence-electron chi connectivity index (χ2n) is 4.94. The number of likely N-dealkylation sites (tertiary alicyclic amines) is 1. The predicted molar refractivity (Wildman–Crippen MR) is 71.0 cm³/mol. The Labute approximate surface area is 128 Å². The quantitative estimate of drug-likeness (QED) is 0.859. The smallest absolute Gasteiger partial charge is 0.406 e. The molecular formula is C13H12F3N5O2. The first-order valence-corrected chi connectivity index (χ1v) is 6.88. The molecule has 7 nitrogen and oxygen atoms in total. The minimum absolute atomic E-state index is 0.0393. The van der Waals surface area contributed by atoms with Crippen molar-refractivity contribution in [3.63, 3.8) is 0 Å². The van der Waals surface area contributed by atoms with Gasteiger partial charge in [0.05, 0.1) is 5.69 Å². The van der Waals surface area contributed by atoms with Crippen LogP contribution in [0.3, 0.4) is 0 Å². The summed E-state index contributed by atoms with van der Waals surface area (Å²) < 4.78 is 40.1. The number of alkyl halides is 3. The lowest BCUT2D eigenvalue weighted by Crippen LogP contribution is -2.28. The number of hydrogen-bond donors (Lipinski definition) is 0. The van der Waals surface area contributed by atoms with Gasteiger partial charge in [-0.15, -0.1) is 28.2 Å². The van der Waals surface area contributed by atoms with Gasteiger partial charge in [-0.2, -0.15) is 0 Å². The number of carbonyl (C=O) groups is 1. The van der Waals surface area contributed by atoms with Gasteiger partial charge >= 0.3 is 6.36 Å². The molecule has 0 radical (unpaired) electrons. The minimum atomic E-state index is -4.75. The van der Waals surface area contributed by atoms with Crippen molar-refractivity contribution in [2.45, 2.75) is 19.2 Å². The van der Waals surface area contributed by atoms with Crippen LogP contribution >= 0.6 is 0 Å². The third kappa shape index (κ3) is 3.58. The molecule has 1 fully saturated rings. The molecule has 2 aromatic rings. The lowest BCUT2D eigenvalue weighted by Gasteiger charge is -2.11. The van der Waals surface area contributed by atoms with E-state index in [0.29, 0.717) is 18.8 Å². The van der Waals surface area contributed by atoms with E-state index in [1.807, 2.05) is 0 Å². The number of tetrazole rings is 1. The Kier molecular flexibility index (Phi) is 3.89. The fourth-order valence-corrected chi connectivity index (χ4v) is 2.25. The van der Waals surface area contributed by atoms with Gasteiger partial charge in [-0.3, -0.25) is 4.79 Å². The number of carbonyl (C=O) groups excluding carboxylic acids is 1. The van der Waals surface area contributed by atoms with Crippen LogP contribution in [0.4, 0.5) is 13.2 Å². The summed E-state index contributed by atoms with van der Waals surface area (Å²) in [6, 6.07) is 4.95. The topological polar surface area (TPSA) is 73.1 Å². The van der Waals surface area contributed by atoms with E-state index >= 15 is 0 Å². The first-order chi connectivity index (χ1) is 10.9. The van der Waals surface area contributed by atoms with Crippen LogP contribution in [-0.4, -0.2) is 50.5 Å². The molecule has 0 N–H and O–H groups in total. The van der Waals surface area contributed by atoms with E-state index in [9.17, 15) is 18.0 Å². The summed E-state index contributed by atoms with van der Waals surface area (Å²) in [5, 5.41) is 11.4. The number of amides is 1. The number of halogens is 3. The molecule has 0 aliphatic carbocycles. The third-order valence-electron chi connectivity index (χ3n) is 3.30. The highest BCUT2D eigenvalue weighted by Gasteiger charge is 2.31. The summed E-state index contributed by atoms with van der Waals surface area (Å²) in [7, 11) is 0. The lowest BCUT2D eigenvalue weighted by atomic mass is 10.3. The molecule has 0 unspecified atom stereocenters. The van der Waals surface area contributed by atoms with Gasteiger partial charge in [-0.1, -0.05) is 0 Å². The summed E-state index contributed by atoms with van der Waals surface area (Å²) in [5.74, 6) is -0.692. The average molecular weight is 327 g/mol. The number of ether oxygens (including phenoxy) is 1. The molecule has 122 valence electrons. The molecule has 0 spiro atoms. The van der Waals surface area contributed by atoms with E-state index in [1.54, 1.807) is 4.90 Å². The maximum absolute atomic E-state index is 12.1. The molecule has 1 aromatic carbocycles. The second kappa shape index (κ2) is 5.86. The van der Waals surface area contributed by atoms with Gasteiger partial charge in [-0.05, 0) is 42.3 Å². The van der Waals surface area contributed by atoms with Gasteiger partial charge in [0.25, 0.3) is 11.7 Å². The fourth-order valence-electron chi connectivity index (χ4n) is 2.25. The molecule has 23 heavy (non-hydrogen) atoms. The van der Waals surface area contributed by atoms with Crippen molar-refractivity contribution >= 4 is 5.91 Å². The zero-order valence-electron chi connectivity index (χ0n) is 11.8. The van der Waals surface area contributed by atoms with Gasteiger partial charge < -0.3 is 9.64 Å². The molecule has 1 aromatic heterocycles. The largest absolute Gasteiger partial charge is 0.573 e. The molecule has 1 saturated heterocycles. The normalized spacial score (nSPS) is 15.0. The summed E-state index contributed by atoms with van der Waals surface area (Å²) in [6.45, 7) is 1.33. The number of aromatic nitrogens is 4. The Morgan fingerprint density at radius 3 is 2.39 bits per heavy atom. The molecule has 1 amide bonds. The number of rotatable bonds is 3. The standard InChI is InChI=1S/C13H12F3N5O2/c14-13(15,16)23-10-5-3-9(4-6-10)21-18-11(17-19-21)12(22)20-7-1-2-8-20/h3-6H,1-2,7-8H2. The molecule has 3 rings (SSSR count). The van der Waals surface area contributed by atoms with Crippen molar-refractivity contribution in [1.29, 1.82) is 0 Å².